The van der Waals surface area contributed by atoms with Gasteiger partial charge in [-0.3, -0.25) is 0 Å². The van der Waals surface area contributed by atoms with Crippen molar-refractivity contribution in [2.45, 2.75) is 44.7 Å². The van der Waals surface area contributed by atoms with Gasteiger partial charge < -0.3 is 10.2 Å². The van der Waals surface area contributed by atoms with E-state index in [9.17, 15) is 0 Å². The van der Waals surface area contributed by atoms with Crippen molar-refractivity contribution in [2.24, 2.45) is 5.92 Å². The Balaban J connectivity index is 1.98. The highest BCUT2D eigenvalue weighted by atomic mass is 15.2. The number of rotatable bonds is 5. The van der Waals surface area contributed by atoms with Crippen LogP contribution in [0.15, 0.2) is 30.3 Å². The van der Waals surface area contributed by atoms with Gasteiger partial charge in [-0.15, -0.1) is 0 Å². The summed E-state index contributed by atoms with van der Waals surface area (Å²) >= 11 is 0. The van der Waals surface area contributed by atoms with Crippen molar-refractivity contribution in [2.75, 3.05) is 20.6 Å². The first-order chi connectivity index (χ1) is 9.22. The zero-order valence-electron chi connectivity index (χ0n) is 12.6. The molecule has 0 amide bonds. The van der Waals surface area contributed by atoms with Crippen LogP contribution < -0.4 is 5.32 Å². The van der Waals surface area contributed by atoms with Crippen LogP contribution in [0, 0.1) is 5.92 Å². The summed E-state index contributed by atoms with van der Waals surface area (Å²) in [7, 11) is 4.36. The molecule has 1 N–H and O–H groups in total. The second-order valence-corrected chi connectivity index (χ2v) is 6.02. The molecule has 3 unspecified atom stereocenters. The van der Waals surface area contributed by atoms with E-state index in [1.54, 1.807) is 0 Å². The number of benzene rings is 1. The van der Waals surface area contributed by atoms with Crippen molar-refractivity contribution in [1.29, 1.82) is 0 Å². The molecule has 0 saturated heterocycles. The van der Waals surface area contributed by atoms with Crippen LogP contribution in [0.3, 0.4) is 0 Å². The lowest BCUT2D eigenvalue weighted by Gasteiger charge is -2.38. The molecule has 0 heterocycles. The van der Waals surface area contributed by atoms with E-state index in [0.29, 0.717) is 6.04 Å². The highest BCUT2D eigenvalue weighted by molar-refractivity contribution is 5.19. The van der Waals surface area contributed by atoms with Crippen molar-refractivity contribution in [3.8, 4) is 0 Å². The van der Waals surface area contributed by atoms with E-state index < -0.39 is 0 Å². The predicted octanol–water partition coefficient (Wildman–Crippen LogP) is 3.46. The summed E-state index contributed by atoms with van der Waals surface area (Å²) in [4.78, 5) is 2.57. The minimum Gasteiger partial charge on any atom is -0.312 e. The molecular weight excluding hydrogens is 232 g/mol. The van der Waals surface area contributed by atoms with Crippen LogP contribution in [0.4, 0.5) is 0 Å². The van der Waals surface area contributed by atoms with Gasteiger partial charge in [-0.2, -0.15) is 0 Å². The second-order valence-electron chi connectivity index (χ2n) is 6.02. The van der Waals surface area contributed by atoms with Gasteiger partial charge in [0.05, 0.1) is 0 Å². The van der Waals surface area contributed by atoms with Crippen molar-refractivity contribution in [3.05, 3.63) is 35.9 Å². The molecule has 1 aliphatic rings. The fraction of sp³-hybridized carbons (Fsp3) is 0.647. The zero-order chi connectivity index (χ0) is 13.7. The van der Waals surface area contributed by atoms with Gasteiger partial charge in [0.25, 0.3) is 0 Å². The van der Waals surface area contributed by atoms with E-state index in [1.807, 2.05) is 0 Å². The smallest absolute Gasteiger partial charge is 0.0446 e. The molecule has 0 radical (unpaired) electrons. The van der Waals surface area contributed by atoms with E-state index in [1.165, 1.54) is 31.2 Å². The summed E-state index contributed by atoms with van der Waals surface area (Å²) < 4.78 is 0. The van der Waals surface area contributed by atoms with Crippen LogP contribution in [0.1, 0.15) is 44.2 Å². The lowest BCUT2D eigenvalue weighted by Crippen LogP contribution is -2.42. The molecule has 106 valence electrons. The van der Waals surface area contributed by atoms with Gasteiger partial charge in [0.15, 0.2) is 0 Å². The van der Waals surface area contributed by atoms with Gasteiger partial charge in [-0.1, -0.05) is 50.1 Å². The average Bonchev–Trinajstić information content (AvgIpc) is 2.46. The fourth-order valence-electron chi connectivity index (χ4n) is 3.42. The summed E-state index contributed by atoms with van der Waals surface area (Å²) in [6.45, 7) is 3.51. The van der Waals surface area contributed by atoms with Gasteiger partial charge in [-0.25, -0.2) is 0 Å². The number of nitrogens with one attached hydrogen (secondary N) is 1. The molecule has 1 aromatic rings. The van der Waals surface area contributed by atoms with Crippen LogP contribution in [0.25, 0.3) is 0 Å². The molecule has 0 spiro atoms. The number of nitrogens with zero attached hydrogens (tertiary/aromatic N) is 1. The summed E-state index contributed by atoms with van der Waals surface area (Å²) in [5, 5.41) is 3.46. The Morgan fingerprint density at radius 1 is 1.21 bits per heavy atom. The Kier molecular flexibility index (Phi) is 5.41. The quantitative estimate of drug-likeness (QED) is 0.872. The maximum atomic E-state index is 3.46. The van der Waals surface area contributed by atoms with E-state index in [2.05, 4.69) is 61.6 Å². The molecular formula is C17H28N2. The fourth-order valence-corrected chi connectivity index (χ4v) is 3.42. The van der Waals surface area contributed by atoms with Crippen LogP contribution in [-0.4, -0.2) is 31.6 Å². The summed E-state index contributed by atoms with van der Waals surface area (Å²) in [5.74, 6) is 0.840. The monoisotopic (exact) mass is 260 g/mol. The second kappa shape index (κ2) is 7.06. The van der Waals surface area contributed by atoms with Crippen LogP contribution >= 0.6 is 0 Å². The Hall–Kier alpha value is -0.860. The first-order valence-corrected chi connectivity index (χ1v) is 7.65. The summed E-state index contributed by atoms with van der Waals surface area (Å²) in [6, 6.07) is 12.0. The first-order valence-electron chi connectivity index (χ1n) is 7.65. The predicted molar refractivity (Wildman–Crippen MR) is 82.3 cm³/mol. The highest BCUT2D eigenvalue weighted by Gasteiger charge is 2.26. The minimum atomic E-state index is 0.431. The maximum Gasteiger partial charge on any atom is 0.0446 e. The zero-order valence-corrected chi connectivity index (χ0v) is 12.6. The molecule has 1 fully saturated rings. The largest absolute Gasteiger partial charge is 0.312 e. The Morgan fingerprint density at radius 2 is 1.89 bits per heavy atom. The van der Waals surface area contributed by atoms with Gasteiger partial charge in [0, 0.05) is 18.6 Å². The molecule has 2 nitrogen and oxygen atoms in total. The Morgan fingerprint density at radius 3 is 2.53 bits per heavy atom. The Labute approximate surface area is 118 Å². The Bertz CT molecular complexity index is 363. The van der Waals surface area contributed by atoms with Crippen LogP contribution in [-0.2, 0) is 0 Å². The topological polar surface area (TPSA) is 15.3 Å². The SMILES string of the molecule is CNC(CN(C)C1CCCCC1C)c1ccccc1. The van der Waals surface area contributed by atoms with Crippen LogP contribution in [0.5, 0.6) is 0 Å². The van der Waals surface area contributed by atoms with Crippen molar-refractivity contribution in [3.63, 3.8) is 0 Å². The van der Waals surface area contributed by atoms with Crippen molar-refractivity contribution < 1.29 is 0 Å². The molecule has 1 aliphatic carbocycles. The van der Waals surface area contributed by atoms with E-state index in [4.69, 9.17) is 0 Å². The lowest BCUT2D eigenvalue weighted by atomic mass is 9.85. The molecule has 0 bridgehead atoms. The third-order valence-electron chi connectivity index (χ3n) is 4.65. The number of likely N-dealkylation sites (N-methyl/N-ethyl adjacent to an activating group) is 2. The molecule has 0 aliphatic heterocycles. The lowest BCUT2D eigenvalue weighted by molar-refractivity contribution is 0.129. The summed E-state index contributed by atoms with van der Waals surface area (Å²) in [5.41, 5.74) is 1.39. The molecule has 1 saturated carbocycles. The van der Waals surface area contributed by atoms with E-state index >= 15 is 0 Å². The molecule has 1 aromatic carbocycles. The molecule has 19 heavy (non-hydrogen) atoms. The van der Waals surface area contributed by atoms with E-state index in [0.717, 1.165) is 18.5 Å². The summed E-state index contributed by atoms with van der Waals surface area (Å²) in [6.07, 6.45) is 5.57. The molecule has 2 heteroatoms. The molecule has 2 rings (SSSR count). The minimum absolute atomic E-state index is 0.431. The third-order valence-corrected chi connectivity index (χ3v) is 4.65. The molecule has 0 aromatic heterocycles. The van der Waals surface area contributed by atoms with Crippen molar-refractivity contribution >= 4 is 0 Å². The van der Waals surface area contributed by atoms with Gasteiger partial charge >= 0.3 is 0 Å². The number of hydrogen-bond donors (Lipinski definition) is 1. The van der Waals surface area contributed by atoms with Crippen LogP contribution in [0.2, 0.25) is 0 Å². The van der Waals surface area contributed by atoms with E-state index in [-0.39, 0.29) is 0 Å². The van der Waals surface area contributed by atoms with Crippen molar-refractivity contribution in [1.82, 2.24) is 10.2 Å². The van der Waals surface area contributed by atoms with Gasteiger partial charge in [-0.05, 0) is 38.4 Å². The third kappa shape index (κ3) is 3.80. The van der Waals surface area contributed by atoms with Gasteiger partial charge in [0.2, 0.25) is 0 Å². The highest BCUT2D eigenvalue weighted by Crippen LogP contribution is 2.28. The maximum absolute atomic E-state index is 3.46. The van der Waals surface area contributed by atoms with Gasteiger partial charge in [0.1, 0.15) is 0 Å². The molecule has 3 atom stereocenters. The first kappa shape index (κ1) is 14.5. The standard InChI is InChI=1S/C17H28N2/c1-14-9-7-8-12-17(14)19(3)13-16(18-2)15-10-5-4-6-11-15/h4-6,10-11,14,16-18H,7-9,12-13H2,1-3H3. The average molecular weight is 260 g/mol. The normalized spacial score (nSPS) is 25.5. The number of hydrogen-bond acceptors (Lipinski definition) is 2.